The van der Waals surface area contributed by atoms with Crippen LogP contribution in [0.4, 0.5) is 5.69 Å². The van der Waals surface area contributed by atoms with Gasteiger partial charge in [-0.2, -0.15) is 0 Å². The second-order valence-corrected chi connectivity index (χ2v) is 6.62. The molecule has 0 atom stereocenters. The Bertz CT molecular complexity index is 1090. The summed E-state index contributed by atoms with van der Waals surface area (Å²) in [6.45, 7) is 2.71. The van der Waals surface area contributed by atoms with Crippen molar-refractivity contribution in [3.05, 3.63) is 77.6 Å². The van der Waals surface area contributed by atoms with Gasteiger partial charge in [-0.05, 0) is 42.8 Å². The SMILES string of the molecule is CCCN1C(=O)/C(=C\c2ccc(-c3cccc(C(=O)O)c3)o2)c2ccccc21. The summed E-state index contributed by atoms with van der Waals surface area (Å²) in [5, 5.41) is 9.16. The Morgan fingerprint density at radius 1 is 1.11 bits per heavy atom. The number of fused-ring (bicyclic) bond motifs is 1. The zero-order chi connectivity index (χ0) is 19.7. The standard InChI is InChI=1S/C23H19NO4/c1-2-12-24-20-9-4-3-8-18(20)19(22(24)25)14-17-10-11-21(28-17)15-6-5-7-16(13-15)23(26)27/h3-11,13-14H,2,12H2,1H3,(H,26,27)/b19-14-. The van der Waals surface area contributed by atoms with Gasteiger partial charge in [0.15, 0.2) is 0 Å². The highest BCUT2D eigenvalue weighted by Crippen LogP contribution is 2.38. The monoisotopic (exact) mass is 373 g/mol. The van der Waals surface area contributed by atoms with Gasteiger partial charge in [0.1, 0.15) is 11.5 Å². The Hall–Kier alpha value is -3.60. The molecule has 3 aromatic rings. The number of para-hydroxylation sites is 1. The lowest BCUT2D eigenvalue weighted by molar-refractivity contribution is -0.113. The normalized spacial score (nSPS) is 14.5. The fraction of sp³-hybridized carbons (Fsp3) is 0.130. The molecule has 0 saturated carbocycles. The van der Waals surface area contributed by atoms with Crippen LogP contribution in [0.3, 0.4) is 0 Å². The third-order valence-corrected chi connectivity index (χ3v) is 4.72. The van der Waals surface area contributed by atoms with Gasteiger partial charge < -0.3 is 14.4 Å². The number of hydrogen-bond acceptors (Lipinski definition) is 3. The largest absolute Gasteiger partial charge is 0.478 e. The van der Waals surface area contributed by atoms with E-state index in [-0.39, 0.29) is 11.5 Å². The maximum absolute atomic E-state index is 12.9. The van der Waals surface area contributed by atoms with E-state index >= 15 is 0 Å². The van der Waals surface area contributed by atoms with E-state index in [0.717, 1.165) is 17.7 Å². The third-order valence-electron chi connectivity index (χ3n) is 4.72. The first-order valence-corrected chi connectivity index (χ1v) is 9.15. The molecule has 140 valence electrons. The number of amides is 1. The second kappa shape index (κ2) is 7.19. The molecule has 0 spiro atoms. The summed E-state index contributed by atoms with van der Waals surface area (Å²) in [6.07, 6.45) is 2.62. The van der Waals surface area contributed by atoms with Crippen LogP contribution >= 0.6 is 0 Å². The van der Waals surface area contributed by atoms with Gasteiger partial charge in [0, 0.05) is 17.7 Å². The molecule has 0 bridgehead atoms. The molecule has 5 heteroatoms. The van der Waals surface area contributed by atoms with Gasteiger partial charge in [-0.25, -0.2) is 4.79 Å². The first-order chi connectivity index (χ1) is 13.6. The maximum atomic E-state index is 12.9. The Morgan fingerprint density at radius 3 is 2.71 bits per heavy atom. The highest BCUT2D eigenvalue weighted by Gasteiger charge is 2.31. The van der Waals surface area contributed by atoms with Gasteiger partial charge in [-0.1, -0.05) is 37.3 Å². The first kappa shape index (κ1) is 17.8. The molecule has 0 fully saturated rings. The molecule has 0 saturated heterocycles. The lowest BCUT2D eigenvalue weighted by atomic mass is 10.1. The van der Waals surface area contributed by atoms with Crippen LogP contribution in [0, 0.1) is 0 Å². The van der Waals surface area contributed by atoms with E-state index in [9.17, 15) is 9.59 Å². The minimum Gasteiger partial charge on any atom is -0.478 e. The van der Waals surface area contributed by atoms with E-state index in [1.165, 1.54) is 6.07 Å². The molecule has 1 aliphatic rings. The molecule has 4 rings (SSSR count). The molecule has 0 radical (unpaired) electrons. The average molecular weight is 373 g/mol. The Labute approximate surface area is 162 Å². The van der Waals surface area contributed by atoms with Crippen molar-refractivity contribution < 1.29 is 19.1 Å². The molecule has 0 unspecified atom stereocenters. The van der Waals surface area contributed by atoms with Crippen LogP contribution in [-0.4, -0.2) is 23.5 Å². The number of nitrogens with zero attached hydrogens (tertiary/aromatic N) is 1. The van der Waals surface area contributed by atoms with Crippen LogP contribution in [-0.2, 0) is 4.79 Å². The summed E-state index contributed by atoms with van der Waals surface area (Å²) >= 11 is 0. The summed E-state index contributed by atoms with van der Waals surface area (Å²) in [6, 6.07) is 17.9. The Kier molecular flexibility index (Phi) is 4.57. The summed E-state index contributed by atoms with van der Waals surface area (Å²) in [5.41, 5.74) is 3.29. The number of carbonyl (C=O) groups excluding carboxylic acids is 1. The van der Waals surface area contributed by atoms with Gasteiger partial charge in [-0.15, -0.1) is 0 Å². The van der Waals surface area contributed by atoms with Crippen LogP contribution in [0.1, 0.15) is 35.0 Å². The van der Waals surface area contributed by atoms with Crippen LogP contribution in [0.2, 0.25) is 0 Å². The number of hydrogen-bond donors (Lipinski definition) is 1. The Balaban J connectivity index is 1.70. The molecule has 2 aromatic carbocycles. The van der Waals surface area contributed by atoms with Crippen molar-refractivity contribution in [2.75, 3.05) is 11.4 Å². The van der Waals surface area contributed by atoms with Gasteiger partial charge in [0.25, 0.3) is 5.91 Å². The average Bonchev–Trinajstić information content (AvgIpc) is 3.28. The molecule has 1 aliphatic heterocycles. The predicted octanol–water partition coefficient (Wildman–Crippen LogP) is 4.94. The highest BCUT2D eigenvalue weighted by molar-refractivity contribution is 6.35. The minimum absolute atomic E-state index is 0.0334. The van der Waals surface area contributed by atoms with Crippen LogP contribution in [0.15, 0.2) is 65.1 Å². The van der Waals surface area contributed by atoms with Crippen LogP contribution < -0.4 is 4.90 Å². The maximum Gasteiger partial charge on any atom is 0.335 e. The molecule has 0 aliphatic carbocycles. The smallest absolute Gasteiger partial charge is 0.335 e. The number of aromatic carboxylic acids is 1. The minimum atomic E-state index is -0.986. The second-order valence-electron chi connectivity index (χ2n) is 6.62. The van der Waals surface area contributed by atoms with Crippen molar-refractivity contribution in [3.8, 4) is 11.3 Å². The molecule has 1 amide bonds. The van der Waals surface area contributed by atoms with E-state index in [4.69, 9.17) is 9.52 Å². The van der Waals surface area contributed by atoms with Crippen molar-refractivity contribution in [3.63, 3.8) is 0 Å². The lowest BCUT2D eigenvalue weighted by Gasteiger charge is -2.15. The fourth-order valence-corrected chi connectivity index (χ4v) is 3.43. The van der Waals surface area contributed by atoms with E-state index in [1.807, 2.05) is 31.2 Å². The topological polar surface area (TPSA) is 70.8 Å². The number of benzene rings is 2. The summed E-state index contributed by atoms with van der Waals surface area (Å²) in [5.74, 6) is 0.0834. The van der Waals surface area contributed by atoms with Crippen molar-refractivity contribution >= 4 is 29.2 Å². The number of carbonyl (C=O) groups is 2. The summed E-state index contributed by atoms with van der Waals surface area (Å²) in [7, 11) is 0. The zero-order valence-corrected chi connectivity index (χ0v) is 15.4. The zero-order valence-electron chi connectivity index (χ0n) is 15.4. The third kappa shape index (κ3) is 3.11. The highest BCUT2D eigenvalue weighted by atomic mass is 16.4. The van der Waals surface area contributed by atoms with Crippen molar-refractivity contribution in [2.45, 2.75) is 13.3 Å². The predicted molar refractivity (Wildman–Crippen MR) is 108 cm³/mol. The Morgan fingerprint density at radius 2 is 1.93 bits per heavy atom. The molecule has 28 heavy (non-hydrogen) atoms. The van der Waals surface area contributed by atoms with Gasteiger partial charge in [0.2, 0.25) is 0 Å². The number of carboxylic acids is 1. The van der Waals surface area contributed by atoms with E-state index in [1.54, 1.807) is 41.3 Å². The summed E-state index contributed by atoms with van der Waals surface area (Å²) < 4.78 is 5.88. The molecule has 5 nitrogen and oxygen atoms in total. The van der Waals surface area contributed by atoms with Gasteiger partial charge >= 0.3 is 5.97 Å². The number of furan rings is 1. The molecule has 1 N–H and O–H groups in total. The molecular weight excluding hydrogens is 354 g/mol. The van der Waals surface area contributed by atoms with Gasteiger partial charge in [-0.3, -0.25) is 4.79 Å². The van der Waals surface area contributed by atoms with E-state index in [0.29, 0.717) is 29.2 Å². The van der Waals surface area contributed by atoms with E-state index in [2.05, 4.69) is 0 Å². The lowest BCUT2D eigenvalue weighted by Crippen LogP contribution is -2.26. The van der Waals surface area contributed by atoms with Crippen molar-refractivity contribution in [1.29, 1.82) is 0 Å². The molecule has 2 heterocycles. The number of anilines is 1. The number of carboxylic acid groups (broad SMARTS) is 1. The van der Waals surface area contributed by atoms with Crippen molar-refractivity contribution in [1.82, 2.24) is 0 Å². The first-order valence-electron chi connectivity index (χ1n) is 9.15. The van der Waals surface area contributed by atoms with Crippen LogP contribution in [0.5, 0.6) is 0 Å². The van der Waals surface area contributed by atoms with Crippen LogP contribution in [0.25, 0.3) is 23.0 Å². The van der Waals surface area contributed by atoms with Gasteiger partial charge in [0.05, 0.1) is 16.8 Å². The quantitative estimate of drug-likeness (QED) is 0.643. The number of rotatable bonds is 5. The van der Waals surface area contributed by atoms with Crippen molar-refractivity contribution in [2.24, 2.45) is 0 Å². The molecular formula is C23H19NO4. The molecule has 1 aromatic heterocycles. The summed E-state index contributed by atoms with van der Waals surface area (Å²) in [4.78, 5) is 25.9. The van der Waals surface area contributed by atoms with E-state index < -0.39 is 5.97 Å². The fourth-order valence-electron chi connectivity index (χ4n) is 3.43.